The second kappa shape index (κ2) is 18.2. The van der Waals surface area contributed by atoms with Crippen LogP contribution in [0.2, 0.25) is 0 Å². The predicted octanol–water partition coefficient (Wildman–Crippen LogP) is 10.3. The van der Waals surface area contributed by atoms with Gasteiger partial charge < -0.3 is 0 Å². The molecule has 37 heavy (non-hydrogen) atoms. The van der Waals surface area contributed by atoms with E-state index in [-0.39, 0.29) is 24.4 Å². The fourth-order valence-corrected chi connectivity index (χ4v) is 17.6. The van der Waals surface area contributed by atoms with Crippen molar-refractivity contribution >= 4 is 0 Å². The molecule has 0 aromatic rings. The monoisotopic (exact) mass is 688 g/mol. The molecule has 5 heteroatoms. The molecule has 0 spiro atoms. The SMILES string of the molecule is C1CCCC([O][Hf]([O]C2CCCCCCC2)([O]C2CCCCCCC2)[O]C2CCCCCCC2)CCC1. The summed E-state index contributed by atoms with van der Waals surface area (Å²) in [6.07, 6.45) is 37.0. The maximum atomic E-state index is 7.29. The first-order chi connectivity index (χ1) is 18.3. The molecule has 0 heterocycles. The van der Waals surface area contributed by atoms with Crippen molar-refractivity contribution in [3.05, 3.63) is 0 Å². The summed E-state index contributed by atoms with van der Waals surface area (Å²) in [6, 6.07) is 0. The molecular formula is C32H60HfO4. The molecule has 0 unspecified atom stereocenters. The fraction of sp³-hybridized carbons (Fsp3) is 1.00. The molecule has 0 radical (unpaired) electrons. The third-order valence-electron chi connectivity index (χ3n) is 9.45. The van der Waals surface area contributed by atoms with Gasteiger partial charge in [-0.3, -0.25) is 0 Å². The molecule has 216 valence electrons. The number of hydrogen-bond acceptors (Lipinski definition) is 4. The van der Waals surface area contributed by atoms with Crippen molar-refractivity contribution in [3.8, 4) is 0 Å². The average molecular weight is 687 g/mol. The van der Waals surface area contributed by atoms with E-state index in [2.05, 4.69) is 0 Å². The Morgan fingerprint density at radius 3 is 0.595 bits per heavy atom. The molecule has 0 N–H and O–H groups in total. The Bertz CT molecular complexity index is 454. The van der Waals surface area contributed by atoms with Gasteiger partial charge in [0.05, 0.1) is 0 Å². The van der Waals surface area contributed by atoms with Crippen molar-refractivity contribution in [2.24, 2.45) is 0 Å². The van der Waals surface area contributed by atoms with Crippen molar-refractivity contribution in [2.75, 3.05) is 0 Å². The molecule has 0 aromatic carbocycles. The molecular weight excluding hydrogens is 627 g/mol. The summed E-state index contributed by atoms with van der Waals surface area (Å²) < 4.78 is 29.2. The molecule has 4 rings (SSSR count). The van der Waals surface area contributed by atoms with E-state index in [1.165, 1.54) is 128 Å². The van der Waals surface area contributed by atoms with Crippen LogP contribution in [0.5, 0.6) is 0 Å². The van der Waals surface area contributed by atoms with Crippen LogP contribution in [-0.4, -0.2) is 24.4 Å². The van der Waals surface area contributed by atoms with E-state index >= 15 is 0 Å². The van der Waals surface area contributed by atoms with Gasteiger partial charge in [0.2, 0.25) is 0 Å². The zero-order chi connectivity index (χ0) is 25.4. The topological polar surface area (TPSA) is 36.9 Å². The van der Waals surface area contributed by atoms with Crippen molar-refractivity contribution in [1.82, 2.24) is 0 Å². The summed E-state index contributed by atoms with van der Waals surface area (Å²) in [4.78, 5) is 0. The Morgan fingerprint density at radius 1 is 0.243 bits per heavy atom. The molecule has 4 fully saturated rings. The first-order valence-electron chi connectivity index (χ1n) is 17.0. The number of rotatable bonds is 8. The van der Waals surface area contributed by atoms with E-state index in [1.807, 2.05) is 0 Å². The van der Waals surface area contributed by atoms with Crippen molar-refractivity contribution in [3.63, 3.8) is 0 Å². The molecule has 0 aromatic heterocycles. The van der Waals surface area contributed by atoms with E-state index in [1.54, 1.807) is 0 Å². The Labute approximate surface area is 236 Å². The van der Waals surface area contributed by atoms with E-state index < -0.39 is 21.7 Å². The third-order valence-corrected chi connectivity index (χ3v) is 18.4. The Balaban J connectivity index is 1.56. The summed E-state index contributed by atoms with van der Waals surface area (Å²) in [7, 11) is 0. The molecule has 4 aliphatic carbocycles. The normalized spacial score (nSPS) is 26.6. The standard InChI is InChI=1S/4C8H15O.Hf/c4*9-8-6-4-2-1-3-5-7-8;/h4*8H,1-7H2;/q4*-1;+4. The van der Waals surface area contributed by atoms with Crippen LogP contribution < -0.4 is 0 Å². The van der Waals surface area contributed by atoms with Crippen LogP contribution in [0.25, 0.3) is 0 Å². The molecule has 4 saturated carbocycles. The fourth-order valence-electron chi connectivity index (χ4n) is 7.13. The van der Waals surface area contributed by atoms with Gasteiger partial charge in [-0.15, -0.1) is 0 Å². The first kappa shape index (κ1) is 30.7. The Kier molecular flexibility index (Phi) is 15.1. The molecule has 0 aliphatic heterocycles. The summed E-state index contributed by atoms with van der Waals surface area (Å²) in [6.45, 7) is 0. The summed E-state index contributed by atoms with van der Waals surface area (Å²) in [5.74, 6) is 0. The number of hydrogen-bond donors (Lipinski definition) is 0. The Morgan fingerprint density at radius 2 is 0.405 bits per heavy atom. The summed E-state index contributed by atoms with van der Waals surface area (Å²) in [5, 5.41) is 0. The summed E-state index contributed by atoms with van der Waals surface area (Å²) in [5.41, 5.74) is 0. The minimum atomic E-state index is -4.49. The van der Waals surface area contributed by atoms with Crippen molar-refractivity contribution in [2.45, 2.75) is 204 Å². The molecule has 4 aliphatic rings. The van der Waals surface area contributed by atoms with E-state index in [0.29, 0.717) is 0 Å². The summed E-state index contributed by atoms with van der Waals surface area (Å²) >= 11 is -4.49. The zero-order valence-electron chi connectivity index (χ0n) is 24.2. The van der Waals surface area contributed by atoms with Gasteiger partial charge in [-0.25, -0.2) is 0 Å². The third kappa shape index (κ3) is 12.0. The average Bonchev–Trinajstić information content (AvgIpc) is 2.81. The maximum absolute atomic E-state index is 7.29. The van der Waals surface area contributed by atoms with E-state index in [0.717, 1.165) is 51.4 Å². The van der Waals surface area contributed by atoms with Crippen LogP contribution in [-0.2, 0) is 33.1 Å². The second-order valence-electron chi connectivity index (χ2n) is 12.8. The minimum absolute atomic E-state index is 0.276. The van der Waals surface area contributed by atoms with Gasteiger partial charge in [-0.1, -0.05) is 0 Å². The molecule has 0 bridgehead atoms. The van der Waals surface area contributed by atoms with E-state index in [9.17, 15) is 0 Å². The van der Waals surface area contributed by atoms with Crippen LogP contribution >= 0.6 is 0 Å². The second-order valence-corrected chi connectivity index (χ2v) is 19.8. The Hall–Kier alpha value is 0.710. The first-order valence-corrected chi connectivity index (χ1v) is 22.9. The molecule has 0 amide bonds. The molecule has 0 atom stereocenters. The quantitative estimate of drug-likeness (QED) is 0.238. The van der Waals surface area contributed by atoms with Gasteiger partial charge in [0.15, 0.2) is 0 Å². The van der Waals surface area contributed by atoms with Crippen LogP contribution in [0.3, 0.4) is 0 Å². The van der Waals surface area contributed by atoms with Crippen LogP contribution in [0.15, 0.2) is 0 Å². The van der Waals surface area contributed by atoms with Crippen molar-refractivity contribution in [1.29, 1.82) is 0 Å². The van der Waals surface area contributed by atoms with Gasteiger partial charge in [-0.05, 0) is 0 Å². The van der Waals surface area contributed by atoms with Gasteiger partial charge in [0.1, 0.15) is 0 Å². The van der Waals surface area contributed by atoms with Crippen LogP contribution in [0, 0.1) is 0 Å². The van der Waals surface area contributed by atoms with Gasteiger partial charge in [-0.2, -0.15) is 0 Å². The van der Waals surface area contributed by atoms with E-state index in [4.69, 9.17) is 11.4 Å². The van der Waals surface area contributed by atoms with Gasteiger partial charge >= 0.3 is 237 Å². The molecule has 4 nitrogen and oxygen atoms in total. The van der Waals surface area contributed by atoms with Crippen molar-refractivity contribution < 1.29 is 33.1 Å². The molecule has 0 saturated heterocycles. The van der Waals surface area contributed by atoms with Crippen LogP contribution in [0.4, 0.5) is 0 Å². The predicted molar refractivity (Wildman–Crippen MR) is 149 cm³/mol. The van der Waals surface area contributed by atoms with Crippen LogP contribution in [0.1, 0.15) is 180 Å². The zero-order valence-corrected chi connectivity index (χ0v) is 27.8. The van der Waals surface area contributed by atoms with Gasteiger partial charge in [0, 0.05) is 0 Å². The van der Waals surface area contributed by atoms with Gasteiger partial charge in [0.25, 0.3) is 0 Å².